The van der Waals surface area contributed by atoms with E-state index in [1.165, 1.54) is 0 Å². The van der Waals surface area contributed by atoms with E-state index >= 15 is 0 Å². The van der Waals surface area contributed by atoms with Crippen LogP contribution in [-0.4, -0.2) is 50.1 Å². The number of carbonyl (C=O) groups is 1. The highest BCUT2D eigenvalue weighted by molar-refractivity contribution is 5.97. The number of aliphatic imine (C=N–C) groups is 1. The zero-order valence-electron chi connectivity index (χ0n) is 11.4. The number of anilines is 1. The van der Waals surface area contributed by atoms with E-state index in [-0.39, 0.29) is 5.56 Å². The van der Waals surface area contributed by atoms with Crippen molar-refractivity contribution in [3.05, 3.63) is 29.3 Å². The van der Waals surface area contributed by atoms with Crippen LogP contribution in [-0.2, 0) is 0 Å². The molecule has 0 radical (unpaired) electrons. The Labute approximate surface area is 107 Å². The summed E-state index contributed by atoms with van der Waals surface area (Å²) in [4.78, 5) is 19.0. The highest BCUT2D eigenvalue weighted by atomic mass is 16.4. The molecule has 1 N–H and O–H groups in total. The predicted molar refractivity (Wildman–Crippen MR) is 73.6 cm³/mol. The summed E-state index contributed by atoms with van der Waals surface area (Å²) in [6.45, 7) is 1.88. The fraction of sp³-hybridized carbons (Fsp3) is 0.385. The third-order valence-corrected chi connectivity index (χ3v) is 2.60. The third-order valence-electron chi connectivity index (χ3n) is 2.60. The van der Waals surface area contributed by atoms with E-state index in [1.54, 1.807) is 19.2 Å². The fourth-order valence-electron chi connectivity index (χ4n) is 1.85. The van der Waals surface area contributed by atoms with Crippen LogP contribution >= 0.6 is 0 Å². The summed E-state index contributed by atoms with van der Waals surface area (Å²) < 4.78 is 0. The van der Waals surface area contributed by atoms with E-state index in [4.69, 9.17) is 5.11 Å². The first-order chi connectivity index (χ1) is 8.36. The first-order valence-corrected chi connectivity index (χ1v) is 5.59. The zero-order chi connectivity index (χ0) is 13.9. The van der Waals surface area contributed by atoms with Crippen LogP contribution in [0.15, 0.2) is 23.2 Å². The summed E-state index contributed by atoms with van der Waals surface area (Å²) in [5.74, 6) is -0.162. The molecule has 0 unspecified atom stereocenters. The van der Waals surface area contributed by atoms with Crippen LogP contribution in [0.5, 0.6) is 0 Å². The van der Waals surface area contributed by atoms with Gasteiger partial charge in [-0.3, -0.25) is 4.99 Å². The van der Waals surface area contributed by atoms with Crippen molar-refractivity contribution >= 4 is 17.6 Å². The lowest BCUT2D eigenvalue weighted by atomic mass is 10.1. The number of nitrogens with zero attached hydrogens (tertiary/aromatic N) is 3. The molecule has 5 nitrogen and oxygen atoms in total. The summed E-state index contributed by atoms with van der Waals surface area (Å²) in [6, 6.07) is 5.23. The first kappa shape index (κ1) is 14.0. The van der Waals surface area contributed by atoms with Crippen LogP contribution in [0, 0.1) is 6.92 Å². The van der Waals surface area contributed by atoms with Crippen LogP contribution in [0.4, 0.5) is 5.69 Å². The summed E-state index contributed by atoms with van der Waals surface area (Å²) in [7, 11) is 7.36. The molecule has 0 atom stereocenters. The van der Waals surface area contributed by atoms with Crippen molar-refractivity contribution in [1.29, 1.82) is 0 Å². The number of guanidine groups is 1. The summed E-state index contributed by atoms with van der Waals surface area (Å²) in [5, 5.41) is 9.06. The predicted octanol–water partition coefficient (Wildman–Crippen LogP) is 1.68. The Morgan fingerprint density at radius 3 is 2.28 bits per heavy atom. The Morgan fingerprint density at radius 2 is 1.83 bits per heavy atom. The first-order valence-electron chi connectivity index (χ1n) is 5.59. The average molecular weight is 249 g/mol. The van der Waals surface area contributed by atoms with E-state index in [9.17, 15) is 4.79 Å². The molecule has 0 saturated heterocycles. The molecule has 0 spiro atoms. The maximum Gasteiger partial charge on any atom is 0.335 e. The molecule has 0 saturated carbocycles. The summed E-state index contributed by atoms with van der Waals surface area (Å²) in [5.41, 5.74) is 2.00. The van der Waals surface area contributed by atoms with Crippen LogP contribution in [0.25, 0.3) is 0 Å². The highest BCUT2D eigenvalue weighted by Crippen LogP contribution is 2.19. The smallest absolute Gasteiger partial charge is 0.335 e. The van der Waals surface area contributed by atoms with Crippen LogP contribution < -0.4 is 4.90 Å². The number of carboxylic acid groups (broad SMARTS) is 1. The second-order valence-corrected chi connectivity index (χ2v) is 4.34. The molecular weight excluding hydrogens is 230 g/mol. The van der Waals surface area contributed by atoms with Crippen LogP contribution in [0.2, 0.25) is 0 Å². The number of hydrogen-bond acceptors (Lipinski definition) is 2. The lowest BCUT2D eigenvalue weighted by molar-refractivity contribution is 0.0697. The molecule has 1 rings (SSSR count). The minimum absolute atomic E-state index is 0.283. The lowest BCUT2D eigenvalue weighted by Gasteiger charge is -2.26. The molecule has 18 heavy (non-hydrogen) atoms. The molecule has 5 heteroatoms. The van der Waals surface area contributed by atoms with E-state index in [0.717, 1.165) is 17.2 Å². The van der Waals surface area contributed by atoms with Gasteiger partial charge in [-0.25, -0.2) is 4.79 Å². The van der Waals surface area contributed by atoms with Crippen LogP contribution in [0.3, 0.4) is 0 Å². The second-order valence-electron chi connectivity index (χ2n) is 4.34. The number of carboxylic acids is 1. The topological polar surface area (TPSA) is 56.1 Å². The van der Waals surface area contributed by atoms with Gasteiger partial charge in [0.25, 0.3) is 0 Å². The molecule has 0 amide bonds. The molecule has 0 heterocycles. The monoisotopic (exact) mass is 249 g/mol. The van der Waals surface area contributed by atoms with Gasteiger partial charge in [0.05, 0.1) is 5.56 Å². The Balaban J connectivity index is 3.21. The molecule has 0 bridgehead atoms. The van der Waals surface area contributed by atoms with Crippen molar-refractivity contribution in [3.8, 4) is 0 Å². The van der Waals surface area contributed by atoms with Crippen LogP contribution in [0.1, 0.15) is 15.9 Å². The molecule has 0 aliphatic rings. The van der Waals surface area contributed by atoms with Crippen molar-refractivity contribution in [3.63, 3.8) is 0 Å². The van der Waals surface area contributed by atoms with Gasteiger partial charge in [-0.1, -0.05) is 0 Å². The van der Waals surface area contributed by atoms with E-state index in [1.807, 2.05) is 43.9 Å². The van der Waals surface area contributed by atoms with Crippen molar-refractivity contribution in [1.82, 2.24) is 4.90 Å². The standard InChI is InChI=1S/C13H19N3O2/c1-9-6-10(12(17)18)8-11(7-9)16(5)13(14-2)15(3)4/h6-8H,1-5H3,(H,17,18). The number of benzene rings is 1. The zero-order valence-corrected chi connectivity index (χ0v) is 11.4. The average Bonchev–Trinajstić information content (AvgIpc) is 2.28. The van der Waals surface area contributed by atoms with E-state index in [2.05, 4.69) is 4.99 Å². The minimum atomic E-state index is -0.923. The quantitative estimate of drug-likeness (QED) is 0.640. The normalized spacial score (nSPS) is 11.3. The Bertz CT molecular complexity index is 481. The van der Waals surface area contributed by atoms with Gasteiger partial charge < -0.3 is 14.9 Å². The molecule has 0 aliphatic heterocycles. The van der Waals surface area contributed by atoms with Crippen molar-refractivity contribution in [2.75, 3.05) is 33.1 Å². The molecule has 1 aromatic rings. The second kappa shape index (κ2) is 5.53. The van der Waals surface area contributed by atoms with Gasteiger partial charge in [-0.05, 0) is 30.7 Å². The summed E-state index contributed by atoms with van der Waals surface area (Å²) >= 11 is 0. The molecular formula is C13H19N3O2. The molecule has 98 valence electrons. The maximum absolute atomic E-state index is 11.0. The Kier molecular flexibility index (Phi) is 4.31. The number of hydrogen-bond donors (Lipinski definition) is 1. The Hall–Kier alpha value is -2.04. The van der Waals surface area contributed by atoms with E-state index < -0.39 is 5.97 Å². The minimum Gasteiger partial charge on any atom is -0.478 e. The third kappa shape index (κ3) is 3.00. The maximum atomic E-state index is 11.0. The van der Waals surface area contributed by atoms with Gasteiger partial charge >= 0.3 is 5.97 Å². The van der Waals surface area contributed by atoms with Gasteiger partial charge in [-0.15, -0.1) is 0 Å². The van der Waals surface area contributed by atoms with Gasteiger partial charge in [0.1, 0.15) is 0 Å². The SMILES string of the molecule is CN=C(N(C)C)N(C)c1cc(C)cc(C(=O)O)c1. The molecule has 1 aromatic carbocycles. The number of aromatic carboxylic acids is 1. The van der Waals surface area contributed by atoms with Gasteiger partial charge in [-0.2, -0.15) is 0 Å². The van der Waals surface area contributed by atoms with Crippen molar-refractivity contribution in [2.24, 2.45) is 4.99 Å². The molecule has 0 aliphatic carbocycles. The van der Waals surface area contributed by atoms with Gasteiger partial charge in [0.2, 0.25) is 0 Å². The van der Waals surface area contributed by atoms with Gasteiger partial charge in [0, 0.05) is 33.9 Å². The highest BCUT2D eigenvalue weighted by Gasteiger charge is 2.13. The largest absolute Gasteiger partial charge is 0.478 e. The van der Waals surface area contributed by atoms with E-state index in [0.29, 0.717) is 0 Å². The lowest BCUT2D eigenvalue weighted by Crippen LogP contribution is -2.38. The molecule has 0 fully saturated rings. The Morgan fingerprint density at radius 1 is 1.22 bits per heavy atom. The summed E-state index contributed by atoms with van der Waals surface area (Å²) in [6.07, 6.45) is 0. The number of aryl methyl sites for hydroxylation is 1. The van der Waals surface area contributed by atoms with Crippen molar-refractivity contribution < 1.29 is 9.90 Å². The molecule has 0 aromatic heterocycles. The number of rotatable bonds is 2. The van der Waals surface area contributed by atoms with Gasteiger partial charge in [0.15, 0.2) is 5.96 Å². The van der Waals surface area contributed by atoms with Crippen molar-refractivity contribution in [2.45, 2.75) is 6.92 Å². The fourth-order valence-corrected chi connectivity index (χ4v) is 1.85.